The van der Waals surface area contributed by atoms with Crippen molar-refractivity contribution in [1.29, 1.82) is 0 Å². The highest BCUT2D eigenvalue weighted by Crippen LogP contribution is 2.24. The fourth-order valence-electron chi connectivity index (χ4n) is 1.26. The lowest BCUT2D eigenvalue weighted by atomic mass is 9.82. The number of aliphatic carboxylic acids is 1. The molecule has 0 aromatic carbocycles. The SMILES string of the molecule is CC(C)[C@H](NC(=O)NCC(C)C(C)(C)C)C(=O)O. The molecule has 0 spiro atoms. The van der Waals surface area contributed by atoms with Crippen molar-refractivity contribution < 1.29 is 14.7 Å². The smallest absolute Gasteiger partial charge is 0.326 e. The molecule has 0 heterocycles. The average molecular weight is 258 g/mol. The van der Waals surface area contributed by atoms with Crippen molar-refractivity contribution in [3.05, 3.63) is 0 Å². The lowest BCUT2D eigenvalue weighted by molar-refractivity contribution is -0.140. The summed E-state index contributed by atoms with van der Waals surface area (Å²) >= 11 is 0. The van der Waals surface area contributed by atoms with Crippen LogP contribution >= 0.6 is 0 Å². The van der Waals surface area contributed by atoms with Crippen LogP contribution in [0.5, 0.6) is 0 Å². The number of amides is 2. The monoisotopic (exact) mass is 258 g/mol. The number of carbonyl (C=O) groups is 2. The molecule has 18 heavy (non-hydrogen) atoms. The maximum Gasteiger partial charge on any atom is 0.326 e. The standard InChI is InChI=1S/C13H26N2O3/c1-8(2)10(11(16)17)15-12(18)14-7-9(3)13(4,5)6/h8-10H,7H2,1-6H3,(H,16,17)(H2,14,15,18)/t9?,10-/m0/s1. The van der Waals surface area contributed by atoms with E-state index in [0.29, 0.717) is 12.5 Å². The molecule has 0 aromatic heterocycles. The third kappa shape index (κ3) is 5.89. The molecule has 5 nitrogen and oxygen atoms in total. The first kappa shape index (κ1) is 16.7. The van der Waals surface area contributed by atoms with Gasteiger partial charge in [-0.05, 0) is 17.3 Å². The van der Waals surface area contributed by atoms with Crippen molar-refractivity contribution in [2.45, 2.75) is 47.6 Å². The molecule has 0 saturated heterocycles. The van der Waals surface area contributed by atoms with Gasteiger partial charge < -0.3 is 15.7 Å². The number of carboxylic acids is 1. The van der Waals surface area contributed by atoms with Gasteiger partial charge in [-0.3, -0.25) is 0 Å². The Hall–Kier alpha value is -1.26. The van der Waals surface area contributed by atoms with E-state index < -0.39 is 18.0 Å². The van der Waals surface area contributed by atoms with Crippen LogP contribution in [0, 0.1) is 17.3 Å². The molecule has 2 atom stereocenters. The fraction of sp³-hybridized carbons (Fsp3) is 0.846. The fourth-order valence-corrected chi connectivity index (χ4v) is 1.26. The van der Waals surface area contributed by atoms with Crippen LogP contribution in [0.15, 0.2) is 0 Å². The van der Waals surface area contributed by atoms with E-state index in [1.165, 1.54) is 0 Å². The summed E-state index contributed by atoms with van der Waals surface area (Å²) in [5, 5.41) is 14.1. The molecule has 1 unspecified atom stereocenters. The molecule has 0 aliphatic heterocycles. The van der Waals surface area contributed by atoms with Gasteiger partial charge >= 0.3 is 12.0 Å². The predicted molar refractivity (Wildman–Crippen MR) is 71.4 cm³/mol. The van der Waals surface area contributed by atoms with Crippen molar-refractivity contribution in [3.63, 3.8) is 0 Å². The minimum Gasteiger partial charge on any atom is -0.480 e. The van der Waals surface area contributed by atoms with Crippen LogP contribution in [0.4, 0.5) is 4.79 Å². The second-order valence-corrected chi connectivity index (χ2v) is 6.18. The van der Waals surface area contributed by atoms with Crippen LogP contribution < -0.4 is 10.6 Å². The summed E-state index contributed by atoms with van der Waals surface area (Å²) in [6.07, 6.45) is 0. The Morgan fingerprint density at radius 1 is 1.17 bits per heavy atom. The van der Waals surface area contributed by atoms with Gasteiger partial charge in [0.1, 0.15) is 6.04 Å². The minimum absolute atomic E-state index is 0.109. The first-order valence-electron chi connectivity index (χ1n) is 6.33. The maximum absolute atomic E-state index is 11.6. The summed E-state index contributed by atoms with van der Waals surface area (Å²) in [6, 6.07) is -1.28. The highest BCUT2D eigenvalue weighted by Gasteiger charge is 2.24. The molecular weight excluding hydrogens is 232 g/mol. The van der Waals surface area contributed by atoms with E-state index in [-0.39, 0.29) is 11.3 Å². The summed E-state index contributed by atoms with van der Waals surface area (Å²) in [5.41, 5.74) is 0.109. The van der Waals surface area contributed by atoms with E-state index >= 15 is 0 Å². The summed E-state index contributed by atoms with van der Waals surface area (Å²) in [6.45, 7) is 12.4. The first-order valence-corrected chi connectivity index (χ1v) is 6.33. The van der Waals surface area contributed by atoms with Gasteiger partial charge in [0, 0.05) is 6.54 Å². The van der Waals surface area contributed by atoms with Crippen LogP contribution in [0.2, 0.25) is 0 Å². The highest BCUT2D eigenvalue weighted by atomic mass is 16.4. The largest absolute Gasteiger partial charge is 0.480 e. The Morgan fingerprint density at radius 3 is 2.00 bits per heavy atom. The normalized spacial score (nSPS) is 15.1. The van der Waals surface area contributed by atoms with Gasteiger partial charge in [0.15, 0.2) is 0 Å². The molecule has 0 aliphatic carbocycles. The third-order valence-corrected chi connectivity index (χ3v) is 3.27. The lowest BCUT2D eigenvalue weighted by Crippen LogP contribution is -2.49. The molecule has 0 radical (unpaired) electrons. The van der Waals surface area contributed by atoms with Crippen LogP contribution in [-0.4, -0.2) is 29.7 Å². The van der Waals surface area contributed by atoms with Crippen molar-refractivity contribution in [3.8, 4) is 0 Å². The summed E-state index contributed by atoms with van der Waals surface area (Å²) in [5.74, 6) is -0.845. The van der Waals surface area contributed by atoms with Gasteiger partial charge in [0.05, 0.1) is 0 Å². The summed E-state index contributed by atoms with van der Waals surface area (Å²) in [4.78, 5) is 22.5. The van der Waals surface area contributed by atoms with Gasteiger partial charge in [0.25, 0.3) is 0 Å². The average Bonchev–Trinajstić information content (AvgIpc) is 2.19. The van der Waals surface area contributed by atoms with E-state index in [9.17, 15) is 9.59 Å². The molecule has 0 saturated carbocycles. The molecule has 106 valence electrons. The van der Waals surface area contributed by atoms with E-state index in [2.05, 4.69) is 38.3 Å². The lowest BCUT2D eigenvalue weighted by Gasteiger charge is -2.27. The van der Waals surface area contributed by atoms with Crippen LogP contribution in [0.1, 0.15) is 41.5 Å². The highest BCUT2D eigenvalue weighted by molar-refractivity contribution is 5.82. The van der Waals surface area contributed by atoms with E-state index in [0.717, 1.165) is 0 Å². The Balaban J connectivity index is 4.23. The molecule has 0 rings (SSSR count). The quantitative estimate of drug-likeness (QED) is 0.706. The predicted octanol–water partition coefficient (Wildman–Crippen LogP) is 2.08. The van der Waals surface area contributed by atoms with Crippen molar-refractivity contribution in [1.82, 2.24) is 10.6 Å². The van der Waals surface area contributed by atoms with Gasteiger partial charge in [-0.2, -0.15) is 0 Å². The number of nitrogens with one attached hydrogen (secondary N) is 2. The Morgan fingerprint density at radius 2 is 1.67 bits per heavy atom. The van der Waals surface area contributed by atoms with Gasteiger partial charge in [0.2, 0.25) is 0 Å². The second kappa shape index (κ2) is 6.61. The number of rotatable bonds is 5. The number of carbonyl (C=O) groups excluding carboxylic acids is 1. The van der Waals surface area contributed by atoms with Crippen LogP contribution in [0.25, 0.3) is 0 Å². The zero-order valence-electron chi connectivity index (χ0n) is 12.2. The van der Waals surface area contributed by atoms with Crippen molar-refractivity contribution in [2.75, 3.05) is 6.54 Å². The molecule has 0 fully saturated rings. The van der Waals surface area contributed by atoms with Crippen molar-refractivity contribution in [2.24, 2.45) is 17.3 Å². The molecule has 3 N–H and O–H groups in total. The summed E-state index contributed by atoms with van der Waals surface area (Å²) < 4.78 is 0. The third-order valence-electron chi connectivity index (χ3n) is 3.27. The molecule has 0 aromatic rings. The van der Waals surface area contributed by atoms with E-state index in [1.54, 1.807) is 13.8 Å². The molecule has 0 bridgehead atoms. The Labute approximate surface area is 109 Å². The van der Waals surface area contributed by atoms with E-state index in [1.807, 2.05) is 0 Å². The molecule has 5 heteroatoms. The molecular formula is C13H26N2O3. The maximum atomic E-state index is 11.6. The number of carboxylic acid groups (broad SMARTS) is 1. The zero-order valence-corrected chi connectivity index (χ0v) is 12.2. The number of hydrogen-bond donors (Lipinski definition) is 3. The second-order valence-electron chi connectivity index (χ2n) is 6.18. The Kier molecular flexibility index (Phi) is 6.15. The van der Waals surface area contributed by atoms with Crippen LogP contribution in [0.3, 0.4) is 0 Å². The molecule has 0 aliphatic rings. The van der Waals surface area contributed by atoms with E-state index in [4.69, 9.17) is 5.11 Å². The van der Waals surface area contributed by atoms with Crippen molar-refractivity contribution >= 4 is 12.0 Å². The number of urea groups is 1. The molecule has 2 amide bonds. The summed E-state index contributed by atoms with van der Waals surface area (Å²) in [7, 11) is 0. The minimum atomic E-state index is -1.01. The van der Waals surface area contributed by atoms with Gasteiger partial charge in [-0.25, -0.2) is 9.59 Å². The zero-order chi connectivity index (χ0) is 14.5. The number of hydrogen-bond acceptors (Lipinski definition) is 2. The topological polar surface area (TPSA) is 78.4 Å². The van der Waals surface area contributed by atoms with Gasteiger partial charge in [-0.1, -0.05) is 41.5 Å². The van der Waals surface area contributed by atoms with Crippen LogP contribution in [-0.2, 0) is 4.79 Å². The van der Waals surface area contributed by atoms with Gasteiger partial charge in [-0.15, -0.1) is 0 Å². The Bertz CT molecular complexity index is 295. The first-order chi connectivity index (χ1) is 8.05.